The molecule has 0 bridgehead atoms. The van der Waals surface area contributed by atoms with Crippen LogP contribution in [0.5, 0.6) is 0 Å². The molecule has 0 radical (unpaired) electrons. The van der Waals surface area contributed by atoms with E-state index in [9.17, 15) is 9.59 Å². The molecule has 0 saturated carbocycles. The van der Waals surface area contributed by atoms with Gasteiger partial charge in [0.15, 0.2) is 16.0 Å². The maximum Gasteiger partial charge on any atom is 0.257 e. The number of hydrogen-bond acceptors (Lipinski definition) is 9. The number of anilines is 1. The summed E-state index contributed by atoms with van der Waals surface area (Å²) in [7, 11) is 0. The zero-order chi connectivity index (χ0) is 23.7. The highest BCUT2D eigenvalue weighted by atomic mass is 32.2. The summed E-state index contributed by atoms with van der Waals surface area (Å²) in [6, 6.07) is -0.171. The van der Waals surface area contributed by atoms with Crippen molar-refractivity contribution in [1.82, 2.24) is 34.6 Å². The van der Waals surface area contributed by atoms with Crippen LogP contribution < -0.4 is 15.8 Å². The van der Waals surface area contributed by atoms with Crippen molar-refractivity contribution in [1.29, 1.82) is 0 Å². The maximum atomic E-state index is 12.6. The molecule has 1 amide bonds. The number of aromatic nitrogens is 6. The van der Waals surface area contributed by atoms with E-state index >= 15 is 0 Å². The average Bonchev–Trinajstić information content (AvgIpc) is 3.57. The standard InChI is InChI=1S/C22H28N8O2S2/c1-3-33-21-26-18(28-7-4-5-8-28)16-12-25-29(19(16)27-21)9-6-23-17(31)10-15-13-34-22-24-11-14(2)20(32)30(15)22/h11-12,15H,3-10,13H2,1-2H3,(H,23,31). The Morgan fingerprint density at radius 3 is 2.88 bits per heavy atom. The molecule has 3 aromatic heterocycles. The van der Waals surface area contributed by atoms with Gasteiger partial charge < -0.3 is 10.2 Å². The van der Waals surface area contributed by atoms with Crippen molar-refractivity contribution < 1.29 is 4.79 Å². The lowest BCUT2D eigenvalue weighted by atomic mass is 10.2. The minimum atomic E-state index is -0.171. The molecule has 3 aromatic rings. The SMILES string of the molecule is CCSc1nc(N2CCCC2)c2cnn(CCNC(=O)CC3CSc4ncc(C)c(=O)n43)c2n1. The van der Waals surface area contributed by atoms with Gasteiger partial charge in [0.25, 0.3) is 5.56 Å². The molecule has 1 fully saturated rings. The van der Waals surface area contributed by atoms with Gasteiger partial charge in [-0.15, -0.1) is 0 Å². The van der Waals surface area contributed by atoms with Crippen LogP contribution in [0.3, 0.4) is 0 Å². The quantitative estimate of drug-likeness (QED) is 0.368. The molecule has 5 heterocycles. The monoisotopic (exact) mass is 500 g/mol. The third-order valence-electron chi connectivity index (χ3n) is 6.10. The predicted molar refractivity (Wildman–Crippen MR) is 134 cm³/mol. The van der Waals surface area contributed by atoms with E-state index in [0.29, 0.717) is 29.6 Å². The Morgan fingerprint density at radius 1 is 1.26 bits per heavy atom. The second-order valence-electron chi connectivity index (χ2n) is 8.48. The number of rotatable bonds is 8. The second-order valence-corrected chi connectivity index (χ2v) is 10.7. The zero-order valence-corrected chi connectivity index (χ0v) is 21.0. The molecule has 2 aliphatic rings. The third kappa shape index (κ3) is 4.52. The Labute approximate surface area is 205 Å². The molecule has 1 unspecified atom stereocenters. The number of fused-ring (bicyclic) bond motifs is 2. The molecule has 1 N–H and O–H groups in total. The van der Waals surface area contributed by atoms with Gasteiger partial charge in [0.1, 0.15) is 5.82 Å². The van der Waals surface area contributed by atoms with E-state index in [1.54, 1.807) is 29.4 Å². The lowest BCUT2D eigenvalue weighted by Gasteiger charge is -2.18. The molecule has 0 aromatic carbocycles. The number of carbonyl (C=O) groups excluding carboxylic acids is 1. The molecular formula is C22H28N8O2S2. The molecule has 34 heavy (non-hydrogen) atoms. The first-order valence-electron chi connectivity index (χ1n) is 11.6. The van der Waals surface area contributed by atoms with Crippen molar-refractivity contribution >= 4 is 46.3 Å². The largest absolute Gasteiger partial charge is 0.356 e. The number of nitrogens with zero attached hydrogens (tertiary/aromatic N) is 7. The maximum absolute atomic E-state index is 12.6. The van der Waals surface area contributed by atoms with E-state index in [1.807, 2.05) is 10.9 Å². The topological polar surface area (TPSA) is 111 Å². The van der Waals surface area contributed by atoms with Crippen LogP contribution in [0.25, 0.3) is 11.0 Å². The smallest absolute Gasteiger partial charge is 0.257 e. The molecule has 0 aliphatic carbocycles. The normalized spacial score (nSPS) is 17.5. The van der Waals surface area contributed by atoms with E-state index in [1.165, 1.54) is 24.6 Å². The number of nitrogens with one attached hydrogen (secondary N) is 1. The molecule has 5 rings (SSSR count). The first-order valence-corrected chi connectivity index (χ1v) is 13.6. The Bertz CT molecular complexity index is 1270. The highest BCUT2D eigenvalue weighted by molar-refractivity contribution is 7.99. The molecule has 0 spiro atoms. The fourth-order valence-corrected chi connectivity index (χ4v) is 6.07. The van der Waals surface area contributed by atoms with Crippen LogP contribution in [0, 0.1) is 6.92 Å². The highest BCUT2D eigenvalue weighted by Gasteiger charge is 2.27. The number of amides is 1. The van der Waals surface area contributed by atoms with E-state index in [2.05, 4.69) is 27.2 Å². The summed E-state index contributed by atoms with van der Waals surface area (Å²) < 4.78 is 3.50. The molecule has 12 heteroatoms. The molecular weight excluding hydrogens is 472 g/mol. The van der Waals surface area contributed by atoms with Crippen molar-refractivity contribution in [2.75, 3.05) is 36.0 Å². The fraction of sp³-hybridized carbons (Fsp3) is 0.545. The number of thioether (sulfide) groups is 2. The van der Waals surface area contributed by atoms with Gasteiger partial charge in [0.2, 0.25) is 5.91 Å². The first kappa shape index (κ1) is 23.2. The van der Waals surface area contributed by atoms with E-state index < -0.39 is 0 Å². The van der Waals surface area contributed by atoms with Crippen molar-refractivity contribution in [3.63, 3.8) is 0 Å². The Kier molecular flexibility index (Phi) is 6.77. The number of aryl methyl sites for hydroxylation is 1. The zero-order valence-electron chi connectivity index (χ0n) is 19.4. The fourth-order valence-electron chi connectivity index (χ4n) is 4.41. The number of hydrogen-bond donors (Lipinski definition) is 1. The Hall–Kier alpha value is -2.60. The van der Waals surface area contributed by atoms with Gasteiger partial charge >= 0.3 is 0 Å². The summed E-state index contributed by atoms with van der Waals surface area (Å²) in [6.07, 6.45) is 6.03. The Morgan fingerprint density at radius 2 is 2.09 bits per heavy atom. The summed E-state index contributed by atoms with van der Waals surface area (Å²) in [5.41, 5.74) is 1.33. The van der Waals surface area contributed by atoms with Crippen molar-refractivity contribution in [3.05, 3.63) is 28.3 Å². The second kappa shape index (κ2) is 9.95. The van der Waals surface area contributed by atoms with Crippen LogP contribution in [0.1, 0.15) is 37.8 Å². The van der Waals surface area contributed by atoms with Gasteiger partial charge in [-0.3, -0.25) is 14.2 Å². The van der Waals surface area contributed by atoms with Crippen LogP contribution in [-0.2, 0) is 11.3 Å². The van der Waals surface area contributed by atoms with Gasteiger partial charge in [-0.1, -0.05) is 30.4 Å². The Balaban J connectivity index is 1.26. The van der Waals surface area contributed by atoms with Gasteiger partial charge in [-0.05, 0) is 25.5 Å². The molecule has 1 atom stereocenters. The van der Waals surface area contributed by atoms with Gasteiger partial charge in [0.05, 0.1) is 24.2 Å². The first-order chi connectivity index (χ1) is 16.5. The lowest BCUT2D eigenvalue weighted by molar-refractivity contribution is -0.121. The van der Waals surface area contributed by atoms with E-state index in [0.717, 1.165) is 40.9 Å². The van der Waals surface area contributed by atoms with E-state index in [4.69, 9.17) is 9.97 Å². The van der Waals surface area contributed by atoms with Crippen molar-refractivity contribution in [2.24, 2.45) is 0 Å². The van der Waals surface area contributed by atoms with Gasteiger partial charge in [-0.2, -0.15) is 5.10 Å². The molecule has 180 valence electrons. The minimum Gasteiger partial charge on any atom is -0.356 e. The van der Waals surface area contributed by atoms with Gasteiger partial charge in [-0.25, -0.2) is 19.6 Å². The summed E-state index contributed by atoms with van der Waals surface area (Å²) in [5, 5.41) is 9.93. The number of carbonyl (C=O) groups is 1. The van der Waals surface area contributed by atoms with Crippen LogP contribution in [0.2, 0.25) is 0 Å². The van der Waals surface area contributed by atoms with Crippen LogP contribution in [-0.4, -0.2) is 66.3 Å². The summed E-state index contributed by atoms with van der Waals surface area (Å²) in [4.78, 5) is 41.3. The molecule has 1 saturated heterocycles. The summed E-state index contributed by atoms with van der Waals surface area (Å²) >= 11 is 3.14. The predicted octanol–water partition coefficient (Wildman–Crippen LogP) is 2.26. The van der Waals surface area contributed by atoms with Crippen molar-refractivity contribution in [2.45, 2.75) is 56.0 Å². The minimum absolute atomic E-state index is 0.0648. The highest BCUT2D eigenvalue weighted by Crippen LogP contribution is 2.32. The van der Waals surface area contributed by atoms with Crippen LogP contribution >= 0.6 is 23.5 Å². The third-order valence-corrected chi connectivity index (χ3v) is 7.94. The molecule has 10 nitrogen and oxygen atoms in total. The van der Waals surface area contributed by atoms with Crippen molar-refractivity contribution in [3.8, 4) is 0 Å². The average molecular weight is 501 g/mol. The lowest BCUT2D eigenvalue weighted by Crippen LogP contribution is -2.32. The van der Waals surface area contributed by atoms with Crippen LogP contribution in [0.4, 0.5) is 5.82 Å². The van der Waals surface area contributed by atoms with Gasteiger partial charge in [0, 0.05) is 43.6 Å². The summed E-state index contributed by atoms with van der Waals surface area (Å²) in [6.45, 7) is 6.79. The van der Waals surface area contributed by atoms with Crippen LogP contribution in [0.15, 0.2) is 27.5 Å². The summed E-state index contributed by atoms with van der Waals surface area (Å²) in [5.74, 6) is 2.45. The molecule has 2 aliphatic heterocycles. The van der Waals surface area contributed by atoms with E-state index in [-0.39, 0.29) is 23.9 Å².